The molecule has 3 unspecified atom stereocenters. The molecule has 1 aliphatic carbocycles. The molecule has 1 aliphatic heterocycles. The van der Waals surface area contributed by atoms with Crippen molar-refractivity contribution < 1.29 is 18.0 Å². The van der Waals surface area contributed by atoms with Crippen molar-refractivity contribution in [3.63, 3.8) is 0 Å². The molecule has 1 saturated heterocycles. The molecule has 2 rings (SSSR count). The van der Waals surface area contributed by atoms with E-state index in [2.05, 4.69) is 10.6 Å². The van der Waals surface area contributed by atoms with Crippen molar-refractivity contribution >= 4 is 5.91 Å². The summed E-state index contributed by atoms with van der Waals surface area (Å²) in [5.41, 5.74) is 0. The van der Waals surface area contributed by atoms with Gasteiger partial charge in [0.25, 0.3) is 0 Å². The molecule has 0 radical (unpaired) electrons. The van der Waals surface area contributed by atoms with Crippen molar-refractivity contribution in [1.29, 1.82) is 0 Å². The quantitative estimate of drug-likeness (QED) is 0.838. The summed E-state index contributed by atoms with van der Waals surface area (Å²) in [4.78, 5) is 12.1. The molecule has 2 N–H and O–H groups in total. The van der Waals surface area contributed by atoms with Crippen molar-refractivity contribution in [1.82, 2.24) is 10.6 Å². The first-order valence-electron chi connectivity index (χ1n) is 8.03. The maximum atomic E-state index is 13.0. The molecular formula is C15H25F3N2O. The maximum Gasteiger partial charge on any atom is 0.392 e. The van der Waals surface area contributed by atoms with Gasteiger partial charge in [-0.05, 0) is 51.1 Å². The number of hydrogen-bond donors (Lipinski definition) is 2. The van der Waals surface area contributed by atoms with E-state index < -0.39 is 23.9 Å². The Labute approximate surface area is 124 Å². The van der Waals surface area contributed by atoms with E-state index in [0.717, 1.165) is 38.8 Å². The van der Waals surface area contributed by atoms with E-state index in [9.17, 15) is 18.0 Å². The molecule has 21 heavy (non-hydrogen) atoms. The van der Waals surface area contributed by atoms with E-state index in [1.54, 1.807) is 0 Å². The lowest BCUT2D eigenvalue weighted by atomic mass is 9.78. The summed E-state index contributed by atoms with van der Waals surface area (Å²) in [6, 6.07) is 0. The Morgan fingerprint density at radius 1 is 1.14 bits per heavy atom. The highest BCUT2D eigenvalue weighted by molar-refractivity contribution is 5.79. The van der Waals surface area contributed by atoms with Crippen LogP contribution in [0.4, 0.5) is 13.2 Å². The van der Waals surface area contributed by atoms with Gasteiger partial charge < -0.3 is 10.6 Å². The number of carbonyl (C=O) groups is 1. The monoisotopic (exact) mass is 306 g/mol. The topological polar surface area (TPSA) is 41.1 Å². The van der Waals surface area contributed by atoms with Crippen molar-refractivity contribution in [3.05, 3.63) is 0 Å². The van der Waals surface area contributed by atoms with Crippen LogP contribution in [-0.4, -0.2) is 31.7 Å². The Morgan fingerprint density at radius 2 is 1.90 bits per heavy atom. The predicted molar refractivity (Wildman–Crippen MR) is 74.7 cm³/mol. The van der Waals surface area contributed by atoms with Gasteiger partial charge in [-0.3, -0.25) is 4.79 Å². The second-order valence-corrected chi connectivity index (χ2v) is 6.33. The van der Waals surface area contributed by atoms with E-state index in [0.29, 0.717) is 25.3 Å². The fourth-order valence-electron chi connectivity index (χ4n) is 3.54. The third-order valence-corrected chi connectivity index (χ3v) is 4.77. The van der Waals surface area contributed by atoms with Crippen LogP contribution in [0.25, 0.3) is 0 Å². The van der Waals surface area contributed by atoms with Crippen LogP contribution in [0.15, 0.2) is 0 Å². The third-order valence-electron chi connectivity index (χ3n) is 4.77. The molecule has 1 saturated carbocycles. The van der Waals surface area contributed by atoms with E-state index >= 15 is 0 Å². The van der Waals surface area contributed by atoms with E-state index in [-0.39, 0.29) is 6.42 Å². The number of hydrogen-bond acceptors (Lipinski definition) is 2. The van der Waals surface area contributed by atoms with E-state index in [1.165, 1.54) is 0 Å². The summed E-state index contributed by atoms with van der Waals surface area (Å²) >= 11 is 0. The summed E-state index contributed by atoms with van der Waals surface area (Å²) in [5, 5.41) is 6.04. The molecule has 0 spiro atoms. The smallest absolute Gasteiger partial charge is 0.356 e. The van der Waals surface area contributed by atoms with Gasteiger partial charge in [-0.25, -0.2) is 0 Å². The highest BCUT2D eigenvalue weighted by Gasteiger charge is 2.47. The first kappa shape index (κ1) is 16.6. The highest BCUT2D eigenvalue weighted by atomic mass is 19.4. The average molecular weight is 306 g/mol. The number of nitrogens with one attached hydrogen (secondary N) is 2. The molecular weight excluding hydrogens is 281 g/mol. The number of carbonyl (C=O) groups excluding carboxylic acids is 1. The number of rotatable bonds is 4. The second-order valence-electron chi connectivity index (χ2n) is 6.33. The molecule has 0 aromatic carbocycles. The van der Waals surface area contributed by atoms with Gasteiger partial charge in [-0.2, -0.15) is 13.2 Å². The molecule has 1 heterocycles. The van der Waals surface area contributed by atoms with Crippen LogP contribution in [0.1, 0.15) is 44.9 Å². The standard InChI is InChI=1S/C15H25F3N2O/c16-15(17,18)13-6-2-1-5-12(13)14(21)20-9-7-11-4-3-8-19-10-11/h11-13,19H,1-10H2,(H,20,21). The lowest BCUT2D eigenvalue weighted by Crippen LogP contribution is -2.43. The summed E-state index contributed by atoms with van der Waals surface area (Å²) in [7, 11) is 0. The lowest BCUT2D eigenvalue weighted by molar-refractivity contribution is -0.198. The van der Waals surface area contributed by atoms with Gasteiger partial charge in [0.05, 0.1) is 5.92 Å². The second kappa shape index (κ2) is 7.47. The van der Waals surface area contributed by atoms with Crippen molar-refractivity contribution in [2.75, 3.05) is 19.6 Å². The maximum absolute atomic E-state index is 13.0. The van der Waals surface area contributed by atoms with Crippen LogP contribution < -0.4 is 10.6 Å². The molecule has 122 valence electrons. The van der Waals surface area contributed by atoms with E-state index in [4.69, 9.17) is 0 Å². The molecule has 3 atom stereocenters. The minimum Gasteiger partial charge on any atom is -0.356 e. The Bertz CT molecular complexity index is 340. The normalized spacial score (nSPS) is 30.9. The number of piperidine rings is 1. The summed E-state index contributed by atoms with van der Waals surface area (Å²) in [6.45, 7) is 2.48. The van der Waals surface area contributed by atoms with Crippen molar-refractivity contribution in [3.8, 4) is 0 Å². The zero-order chi connectivity index (χ0) is 15.3. The summed E-state index contributed by atoms with van der Waals surface area (Å²) < 4.78 is 38.9. The summed E-state index contributed by atoms with van der Waals surface area (Å²) in [5.74, 6) is -2.21. The van der Waals surface area contributed by atoms with Gasteiger partial charge in [0.1, 0.15) is 0 Å². The van der Waals surface area contributed by atoms with Crippen LogP contribution in [0, 0.1) is 17.8 Å². The largest absolute Gasteiger partial charge is 0.392 e. The molecule has 3 nitrogen and oxygen atoms in total. The molecule has 6 heteroatoms. The zero-order valence-electron chi connectivity index (χ0n) is 12.3. The molecule has 2 aliphatic rings. The lowest BCUT2D eigenvalue weighted by Gasteiger charge is -2.32. The van der Waals surface area contributed by atoms with Crippen LogP contribution in [0.2, 0.25) is 0 Å². The minimum absolute atomic E-state index is 0.0914. The fraction of sp³-hybridized carbons (Fsp3) is 0.933. The van der Waals surface area contributed by atoms with Gasteiger partial charge in [0, 0.05) is 12.5 Å². The Hall–Kier alpha value is -0.780. The van der Waals surface area contributed by atoms with Gasteiger partial charge in [-0.1, -0.05) is 12.8 Å². The zero-order valence-corrected chi connectivity index (χ0v) is 12.3. The van der Waals surface area contributed by atoms with Crippen LogP contribution in [0.5, 0.6) is 0 Å². The first-order chi connectivity index (χ1) is 9.98. The first-order valence-corrected chi connectivity index (χ1v) is 8.03. The highest BCUT2D eigenvalue weighted by Crippen LogP contribution is 2.41. The number of alkyl halides is 3. The van der Waals surface area contributed by atoms with Crippen LogP contribution in [0.3, 0.4) is 0 Å². The SMILES string of the molecule is O=C(NCCC1CCCNC1)C1CCCCC1C(F)(F)F. The van der Waals surface area contributed by atoms with Gasteiger partial charge >= 0.3 is 6.18 Å². The third kappa shape index (κ3) is 4.87. The molecule has 0 aromatic heterocycles. The van der Waals surface area contributed by atoms with Crippen LogP contribution >= 0.6 is 0 Å². The Balaban J connectivity index is 1.77. The van der Waals surface area contributed by atoms with Gasteiger partial charge in [-0.15, -0.1) is 0 Å². The van der Waals surface area contributed by atoms with Crippen molar-refractivity contribution in [2.45, 2.75) is 51.1 Å². The summed E-state index contributed by atoms with van der Waals surface area (Å²) in [6.07, 6.45) is 0.612. The molecule has 0 bridgehead atoms. The fourth-order valence-corrected chi connectivity index (χ4v) is 3.54. The van der Waals surface area contributed by atoms with Gasteiger partial charge in [0.15, 0.2) is 0 Å². The molecule has 0 aromatic rings. The van der Waals surface area contributed by atoms with Crippen LogP contribution in [-0.2, 0) is 4.79 Å². The number of halogens is 3. The molecule has 1 amide bonds. The average Bonchev–Trinajstić information content (AvgIpc) is 2.47. The van der Waals surface area contributed by atoms with E-state index in [1.807, 2.05) is 0 Å². The Morgan fingerprint density at radius 3 is 2.57 bits per heavy atom. The minimum atomic E-state index is -4.25. The van der Waals surface area contributed by atoms with Gasteiger partial charge in [0.2, 0.25) is 5.91 Å². The Kier molecular flexibility index (Phi) is 5.90. The van der Waals surface area contributed by atoms with Crippen molar-refractivity contribution in [2.24, 2.45) is 17.8 Å². The molecule has 2 fully saturated rings. The number of amides is 1. The predicted octanol–water partition coefficient (Wildman–Crippen LogP) is 2.86.